The Hall–Kier alpha value is -1.24. The van der Waals surface area contributed by atoms with Crippen molar-refractivity contribution in [2.75, 3.05) is 0 Å². The highest BCUT2D eigenvalue weighted by molar-refractivity contribution is 5.84. The largest absolute Gasteiger partial charge is 0.361 e. The number of benzene rings is 1. The maximum atomic E-state index is 3.41. The molecule has 0 unspecified atom stereocenters. The molecule has 1 nitrogen and oxygen atoms in total. The smallest absolute Gasteiger partial charge is 0.0459 e. The Labute approximate surface area is 104 Å². The van der Waals surface area contributed by atoms with E-state index in [9.17, 15) is 0 Å². The number of aromatic amines is 1. The molecule has 0 saturated heterocycles. The molecule has 2 aromatic rings. The fraction of sp³-hybridized carbons (Fsp3) is 0.500. The molecule has 0 radical (unpaired) electrons. The molecule has 0 spiro atoms. The lowest BCUT2D eigenvalue weighted by atomic mass is 9.97. The zero-order valence-electron chi connectivity index (χ0n) is 11.2. The van der Waals surface area contributed by atoms with Crippen molar-refractivity contribution in [1.29, 1.82) is 0 Å². The molecule has 1 heteroatoms. The Morgan fingerprint density at radius 3 is 2.53 bits per heavy atom. The van der Waals surface area contributed by atoms with Crippen LogP contribution in [0.1, 0.15) is 56.6 Å². The van der Waals surface area contributed by atoms with E-state index in [2.05, 4.69) is 36.3 Å². The molecule has 3 rings (SSSR count). The first-order valence-corrected chi connectivity index (χ1v) is 6.92. The van der Waals surface area contributed by atoms with E-state index in [0.717, 1.165) is 5.92 Å². The van der Waals surface area contributed by atoms with E-state index in [1.807, 2.05) is 13.8 Å². The van der Waals surface area contributed by atoms with Crippen molar-refractivity contribution >= 4 is 10.9 Å². The van der Waals surface area contributed by atoms with Crippen LogP contribution in [0.4, 0.5) is 0 Å². The average Bonchev–Trinajstić information content (AvgIpc) is 2.98. The van der Waals surface area contributed by atoms with Crippen molar-refractivity contribution in [2.45, 2.75) is 52.4 Å². The lowest BCUT2D eigenvalue weighted by molar-refractivity contribution is 0.729. The maximum absolute atomic E-state index is 3.41. The first-order chi connectivity index (χ1) is 8.34. The van der Waals surface area contributed by atoms with Crippen LogP contribution < -0.4 is 0 Å². The minimum absolute atomic E-state index is 0.807. The highest BCUT2D eigenvalue weighted by Crippen LogP contribution is 2.37. The van der Waals surface area contributed by atoms with Crippen LogP contribution in [0.5, 0.6) is 0 Å². The number of H-pyrrole nitrogens is 1. The molecule has 1 aliphatic carbocycles. The zero-order chi connectivity index (χ0) is 12.3. The monoisotopic (exact) mass is 229 g/mol. The van der Waals surface area contributed by atoms with Gasteiger partial charge in [-0.15, -0.1) is 0 Å². The molecule has 1 aliphatic rings. The van der Waals surface area contributed by atoms with Crippen LogP contribution in [-0.2, 0) is 0 Å². The molecular weight excluding hydrogens is 206 g/mol. The third-order valence-electron chi connectivity index (χ3n) is 3.66. The topological polar surface area (TPSA) is 15.8 Å². The number of hydrogen-bond acceptors (Lipinski definition) is 0. The maximum Gasteiger partial charge on any atom is 0.0459 e. The van der Waals surface area contributed by atoms with Gasteiger partial charge in [0.2, 0.25) is 0 Å². The molecule has 17 heavy (non-hydrogen) atoms. The van der Waals surface area contributed by atoms with E-state index in [1.165, 1.54) is 42.1 Å². The normalized spacial score (nSPS) is 15.9. The summed E-state index contributed by atoms with van der Waals surface area (Å²) in [5, 5.41) is 1.44. The molecule has 1 heterocycles. The summed E-state index contributed by atoms with van der Waals surface area (Å²) in [7, 11) is 0. The van der Waals surface area contributed by atoms with Crippen LogP contribution in [0.15, 0.2) is 24.4 Å². The van der Waals surface area contributed by atoms with Crippen molar-refractivity contribution < 1.29 is 0 Å². The number of aryl methyl sites for hydroxylation is 1. The average molecular weight is 229 g/mol. The second-order valence-corrected chi connectivity index (χ2v) is 4.77. The van der Waals surface area contributed by atoms with Crippen LogP contribution >= 0.6 is 0 Å². The lowest BCUT2D eigenvalue weighted by Crippen LogP contribution is -1.89. The minimum Gasteiger partial charge on any atom is -0.361 e. The molecule has 0 bridgehead atoms. The molecule has 1 N–H and O–H groups in total. The van der Waals surface area contributed by atoms with Gasteiger partial charge in [-0.1, -0.05) is 38.8 Å². The van der Waals surface area contributed by atoms with E-state index in [-0.39, 0.29) is 0 Å². The third-order valence-corrected chi connectivity index (χ3v) is 3.66. The quantitative estimate of drug-likeness (QED) is 0.695. The number of nitrogens with one attached hydrogen (secondary N) is 1. The zero-order valence-corrected chi connectivity index (χ0v) is 11.2. The molecular formula is C16H23N. The van der Waals surface area contributed by atoms with Gasteiger partial charge in [-0.25, -0.2) is 0 Å². The molecule has 1 saturated carbocycles. The Bertz CT molecular complexity index is 475. The van der Waals surface area contributed by atoms with E-state index in [0.29, 0.717) is 0 Å². The van der Waals surface area contributed by atoms with Gasteiger partial charge in [-0.2, -0.15) is 0 Å². The Kier molecular flexibility index (Phi) is 3.88. The van der Waals surface area contributed by atoms with Crippen molar-refractivity contribution in [3.05, 3.63) is 35.5 Å². The van der Waals surface area contributed by atoms with Gasteiger partial charge in [-0.05, 0) is 42.9 Å². The molecule has 92 valence electrons. The number of rotatable bonds is 1. The summed E-state index contributed by atoms with van der Waals surface area (Å²) >= 11 is 0. The van der Waals surface area contributed by atoms with Gasteiger partial charge in [-0.3, -0.25) is 0 Å². The van der Waals surface area contributed by atoms with Gasteiger partial charge in [0.25, 0.3) is 0 Å². The van der Waals surface area contributed by atoms with Crippen molar-refractivity contribution in [3.8, 4) is 0 Å². The Morgan fingerprint density at radius 2 is 1.82 bits per heavy atom. The van der Waals surface area contributed by atoms with Crippen LogP contribution in [0.2, 0.25) is 0 Å². The fourth-order valence-corrected chi connectivity index (χ4v) is 2.84. The second-order valence-electron chi connectivity index (χ2n) is 4.77. The first-order valence-electron chi connectivity index (χ1n) is 6.92. The summed E-state index contributed by atoms with van der Waals surface area (Å²) in [5.41, 5.74) is 4.18. The standard InChI is InChI=1S/C14H17N.C2H6/c1-10-6-7-12-13(9-15-14(12)8-10)11-4-2-3-5-11;1-2/h6-9,11,15H,2-5H2,1H3;1-2H3. The summed E-state index contributed by atoms with van der Waals surface area (Å²) in [6.07, 6.45) is 7.79. The lowest BCUT2D eigenvalue weighted by Gasteiger charge is -2.06. The van der Waals surface area contributed by atoms with Crippen LogP contribution in [-0.4, -0.2) is 4.98 Å². The van der Waals surface area contributed by atoms with Crippen LogP contribution in [0.25, 0.3) is 10.9 Å². The highest BCUT2D eigenvalue weighted by Gasteiger charge is 2.19. The second kappa shape index (κ2) is 5.39. The van der Waals surface area contributed by atoms with E-state index < -0.39 is 0 Å². The fourth-order valence-electron chi connectivity index (χ4n) is 2.84. The van der Waals surface area contributed by atoms with Gasteiger partial charge in [0.05, 0.1) is 0 Å². The van der Waals surface area contributed by atoms with E-state index in [4.69, 9.17) is 0 Å². The van der Waals surface area contributed by atoms with E-state index >= 15 is 0 Å². The number of hydrogen-bond donors (Lipinski definition) is 1. The predicted molar refractivity (Wildman–Crippen MR) is 75.6 cm³/mol. The van der Waals surface area contributed by atoms with Crippen LogP contribution in [0, 0.1) is 6.92 Å². The van der Waals surface area contributed by atoms with Crippen molar-refractivity contribution in [2.24, 2.45) is 0 Å². The third kappa shape index (κ3) is 2.38. The predicted octanol–water partition coefficient (Wildman–Crippen LogP) is 5.16. The molecule has 1 aromatic heterocycles. The van der Waals surface area contributed by atoms with Crippen molar-refractivity contribution in [3.63, 3.8) is 0 Å². The summed E-state index contributed by atoms with van der Waals surface area (Å²) in [5.74, 6) is 0.807. The van der Waals surface area contributed by atoms with Gasteiger partial charge >= 0.3 is 0 Å². The number of aromatic nitrogens is 1. The Balaban J connectivity index is 0.000000514. The molecule has 0 atom stereocenters. The molecule has 0 aliphatic heterocycles. The molecule has 1 fully saturated rings. The SMILES string of the molecule is CC.Cc1ccc2c(C3CCCC3)c[nH]c2c1. The minimum atomic E-state index is 0.807. The van der Waals surface area contributed by atoms with Gasteiger partial charge in [0.1, 0.15) is 0 Å². The summed E-state index contributed by atoms with van der Waals surface area (Å²) in [6.45, 7) is 6.15. The molecule has 0 amide bonds. The Morgan fingerprint density at radius 1 is 1.12 bits per heavy atom. The van der Waals surface area contributed by atoms with Gasteiger partial charge in [0, 0.05) is 17.1 Å². The van der Waals surface area contributed by atoms with Crippen molar-refractivity contribution in [1.82, 2.24) is 4.98 Å². The number of fused-ring (bicyclic) bond motifs is 1. The summed E-state index contributed by atoms with van der Waals surface area (Å²) in [4.78, 5) is 3.41. The molecule has 1 aromatic carbocycles. The highest BCUT2D eigenvalue weighted by atomic mass is 14.7. The first kappa shape index (κ1) is 12.2. The van der Waals surface area contributed by atoms with Gasteiger partial charge < -0.3 is 4.98 Å². The van der Waals surface area contributed by atoms with Gasteiger partial charge in [0.15, 0.2) is 0 Å². The van der Waals surface area contributed by atoms with E-state index in [1.54, 1.807) is 5.56 Å². The summed E-state index contributed by atoms with van der Waals surface area (Å²) in [6, 6.07) is 6.73. The van der Waals surface area contributed by atoms with Crippen LogP contribution in [0.3, 0.4) is 0 Å². The summed E-state index contributed by atoms with van der Waals surface area (Å²) < 4.78 is 0.